The molecule has 1 aromatic carbocycles. The summed E-state index contributed by atoms with van der Waals surface area (Å²) in [6, 6.07) is 9.05. The van der Waals surface area contributed by atoms with Gasteiger partial charge in [-0.15, -0.1) is 0 Å². The number of halogens is 1. The molecule has 2 aromatic rings. The number of nitrogens with one attached hydrogen (secondary N) is 2. The minimum Gasteiger partial charge on any atom is -0.357 e. The Morgan fingerprint density at radius 1 is 1.26 bits per heavy atom. The smallest absolute Gasteiger partial charge is 0.191 e. The fraction of sp³-hybridized carbons (Fsp3) is 0.524. The largest absolute Gasteiger partial charge is 0.357 e. The Kier molecular flexibility index (Phi) is 6.14. The Bertz CT molecular complexity index is 792. The summed E-state index contributed by atoms with van der Waals surface area (Å²) in [5.41, 5.74) is 3.32. The van der Waals surface area contributed by atoms with Crippen LogP contribution in [0, 0.1) is 19.7 Å². The van der Waals surface area contributed by atoms with E-state index in [-0.39, 0.29) is 11.2 Å². The molecule has 5 nitrogen and oxygen atoms in total. The fourth-order valence-corrected chi connectivity index (χ4v) is 3.42. The SMILES string of the molecule is CCNC(=NCC1(c2cccc(F)c2)CC1)NCCCn1nc(C)cc1C. The number of benzene rings is 1. The molecule has 27 heavy (non-hydrogen) atoms. The molecular weight excluding hydrogens is 341 g/mol. The predicted molar refractivity (Wildman–Crippen MR) is 108 cm³/mol. The molecule has 0 bridgehead atoms. The second-order valence-electron chi connectivity index (χ2n) is 7.42. The molecule has 0 spiro atoms. The predicted octanol–water partition coefficient (Wildman–Crippen LogP) is 3.32. The van der Waals surface area contributed by atoms with Crippen molar-refractivity contribution >= 4 is 5.96 Å². The highest BCUT2D eigenvalue weighted by molar-refractivity contribution is 5.79. The van der Waals surface area contributed by atoms with Gasteiger partial charge in [0.15, 0.2) is 5.96 Å². The first-order chi connectivity index (χ1) is 13.0. The lowest BCUT2D eigenvalue weighted by molar-refractivity contribution is 0.554. The molecule has 2 N–H and O–H groups in total. The molecule has 1 fully saturated rings. The number of rotatable bonds is 8. The Morgan fingerprint density at radius 3 is 2.70 bits per heavy atom. The number of nitrogens with zero attached hydrogens (tertiary/aromatic N) is 3. The summed E-state index contributed by atoms with van der Waals surface area (Å²) in [5, 5.41) is 11.2. The van der Waals surface area contributed by atoms with E-state index in [1.807, 2.05) is 17.7 Å². The van der Waals surface area contributed by atoms with Crippen molar-refractivity contribution in [3.8, 4) is 0 Å². The maximum absolute atomic E-state index is 13.6. The van der Waals surface area contributed by atoms with E-state index in [0.717, 1.165) is 56.1 Å². The topological polar surface area (TPSA) is 54.2 Å². The first-order valence-electron chi connectivity index (χ1n) is 9.82. The summed E-state index contributed by atoms with van der Waals surface area (Å²) in [6.45, 7) is 9.38. The van der Waals surface area contributed by atoms with Crippen LogP contribution in [0.25, 0.3) is 0 Å². The third-order valence-electron chi connectivity index (χ3n) is 5.12. The Labute approximate surface area is 161 Å². The van der Waals surface area contributed by atoms with Crippen molar-refractivity contribution in [2.24, 2.45) is 4.99 Å². The summed E-state index contributed by atoms with van der Waals surface area (Å²) in [5.74, 6) is 0.658. The fourth-order valence-electron chi connectivity index (χ4n) is 3.42. The molecule has 1 aromatic heterocycles. The number of hydrogen-bond donors (Lipinski definition) is 2. The number of aryl methyl sites for hydroxylation is 3. The van der Waals surface area contributed by atoms with Crippen LogP contribution < -0.4 is 10.6 Å². The van der Waals surface area contributed by atoms with Crippen LogP contribution >= 0.6 is 0 Å². The molecule has 146 valence electrons. The molecule has 0 saturated heterocycles. The quantitative estimate of drug-likeness (QED) is 0.425. The van der Waals surface area contributed by atoms with Crippen LogP contribution in [0.15, 0.2) is 35.3 Å². The van der Waals surface area contributed by atoms with Crippen LogP contribution in [0.1, 0.15) is 43.1 Å². The molecule has 0 aliphatic heterocycles. The van der Waals surface area contributed by atoms with Gasteiger partial charge in [0.05, 0.1) is 12.2 Å². The van der Waals surface area contributed by atoms with Crippen molar-refractivity contribution in [3.63, 3.8) is 0 Å². The van der Waals surface area contributed by atoms with Crippen molar-refractivity contribution in [3.05, 3.63) is 53.1 Å². The molecule has 0 unspecified atom stereocenters. The highest BCUT2D eigenvalue weighted by Gasteiger charge is 2.44. The lowest BCUT2D eigenvalue weighted by atomic mass is 9.96. The summed E-state index contributed by atoms with van der Waals surface area (Å²) in [4.78, 5) is 4.77. The lowest BCUT2D eigenvalue weighted by Crippen LogP contribution is -2.38. The van der Waals surface area contributed by atoms with E-state index >= 15 is 0 Å². The second kappa shape index (κ2) is 8.55. The molecular formula is C21H30FN5. The zero-order valence-electron chi connectivity index (χ0n) is 16.6. The van der Waals surface area contributed by atoms with E-state index in [0.29, 0.717) is 6.54 Å². The third-order valence-corrected chi connectivity index (χ3v) is 5.12. The normalized spacial score (nSPS) is 15.6. The van der Waals surface area contributed by atoms with E-state index in [9.17, 15) is 4.39 Å². The number of guanidine groups is 1. The number of aromatic nitrogens is 2. The van der Waals surface area contributed by atoms with Crippen LogP contribution in [0.4, 0.5) is 4.39 Å². The van der Waals surface area contributed by atoms with E-state index in [1.165, 1.54) is 11.8 Å². The molecule has 1 aliphatic carbocycles. The van der Waals surface area contributed by atoms with E-state index < -0.39 is 0 Å². The average molecular weight is 372 g/mol. The van der Waals surface area contributed by atoms with Crippen LogP contribution in [-0.2, 0) is 12.0 Å². The standard InChI is InChI=1S/C21H30FN5/c1-4-23-20(24-11-6-12-27-17(3)13-16(2)26-27)25-15-21(9-10-21)18-7-5-8-19(22)14-18/h5,7-8,13-14H,4,6,9-12,15H2,1-3H3,(H2,23,24,25). The van der Waals surface area contributed by atoms with Crippen molar-refractivity contribution in [2.75, 3.05) is 19.6 Å². The first-order valence-corrected chi connectivity index (χ1v) is 9.82. The summed E-state index contributed by atoms with van der Waals surface area (Å²) in [6.07, 6.45) is 3.11. The van der Waals surface area contributed by atoms with Crippen LogP contribution in [0.3, 0.4) is 0 Å². The monoisotopic (exact) mass is 371 g/mol. The van der Waals surface area contributed by atoms with Gasteiger partial charge in [-0.05, 0) is 63.8 Å². The lowest BCUT2D eigenvalue weighted by Gasteiger charge is -2.16. The maximum atomic E-state index is 13.6. The molecule has 1 aliphatic rings. The minimum absolute atomic E-state index is 0.00809. The van der Waals surface area contributed by atoms with E-state index in [1.54, 1.807) is 12.1 Å². The Balaban J connectivity index is 1.53. The van der Waals surface area contributed by atoms with Crippen molar-refractivity contribution in [1.82, 2.24) is 20.4 Å². The van der Waals surface area contributed by atoms with Crippen molar-refractivity contribution < 1.29 is 4.39 Å². The van der Waals surface area contributed by atoms with Gasteiger partial charge in [-0.1, -0.05) is 12.1 Å². The minimum atomic E-state index is -0.170. The summed E-state index contributed by atoms with van der Waals surface area (Å²) in [7, 11) is 0. The molecule has 3 rings (SSSR count). The molecule has 1 heterocycles. The van der Waals surface area contributed by atoms with E-state index in [2.05, 4.69) is 35.6 Å². The zero-order valence-corrected chi connectivity index (χ0v) is 16.6. The summed E-state index contributed by atoms with van der Waals surface area (Å²) >= 11 is 0. The van der Waals surface area contributed by atoms with Gasteiger partial charge in [-0.25, -0.2) is 4.39 Å². The summed E-state index contributed by atoms with van der Waals surface area (Å²) < 4.78 is 15.6. The van der Waals surface area contributed by atoms with Gasteiger partial charge in [0.1, 0.15) is 5.82 Å². The van der Waals surface area contributed by atoms with Crippen LogP contribution in [0.5, 0.6) is 0 Å². The van der Waals surface area contributed by atoms with Gasteiger partial charge in [0.2, 0.25) is 0 Å². The Morgan fingerprint density at radius 2 is 2.07 bits per heavy atom. The van der Waals surface area contributed by atoms with Crippen molar-refractivity contribution in [1.29, 1.82) is 0 Å². The molecule has 0 amide bonds. The Hall–Kier alpha value is -2.37. The van der Waals surface area contributed by atoms with Gasteiger partial charge >= 0.3 is 0 Å². The number of aliphatic imine (C=N–C) groups is 1. The highest BCUT2D eigenvalue weighted by atomic mass is 19.1. The van der Waals surface area contributed by atoms with Gasteiger partial charge in [-0.2, -0.15) is 5.10 Å². The van der Waals surface area contributed by atoms with Gasteiger partial charge in [0.25, 0.3) is 0 Å². The van der Waals surface area contributed by atoms with Crippen molar-refractivity contribution in [2.45, 2.75) is 52.0 Å². The zero-order chi connectivity index (χ0) is 19.3. The van der Waals surface area contributed by atoms with Gasteiger partial charge in [-0.3, -0.25) is 9.67 Å². The molecule has 6 heteroatoms. The molecule has 0 atom stereocenters. The van der Waals surface area contributed by atoms with E-state index in [4.69, 9.17) is 4.99 Å². The van der Waals surface area contributed by atoms with Crippen LogP contribution in [0.2, 0.25) is 0 Å². The molecule has 1 saturated carbocycles. The average Bonchev–Trinajstić information content (AvgIpc) is 3.36. The first kappa shape index (κ1) is 19.4. The third kappa shape index (κ3) is 5.08. The number of hydrogen-bond acceptors (Lipinski definition) is 2. The second-order valence-corrected chi connectivity index (χ2v) is 7.42. The highest BCUT2D eigenvalue weighted by Crippen LogP contribution is 2.48. The maximum Gasteiger partial charge on any atom is 0.191 e. The van der Waals surface area contributed by atoms with Gasteiger partial charge < -0.3 is 10.6 Å². The van der Waals surface area contributed by atoms with Crippen LogP contribution in [-0.4, -0.2) is 35.4 Å². The van der Waals surface area contributed by atoms with Gasteiger partial charge in [0, 0.05) is 30.7 Å². The molecule has 0 radical (unpaired) electrons.